The van der Waals surface area contributed by atoms with Crippen LogP contribution < -0.4 is 5.56 Å². The number of piperidine rings is 1. The van der Waals surface area contributed by atoms with Crippen LogP contribution in [0, 0.1) is 17.8 Å². The minimum Gasteiger partial charge on any atom is -0.342 e. The Labute approximate surface area is 194 Å². The van der Waals surface area contributed by atoms with Crippen LogP contribution in [0.15, 0.2) is 23.0 Å². The Balaban J connectivity index is 1.16. The van der Waals surface area contributed by atoms with E-state index in [4.69, 9.17) is 4.98 Å². The van der Waals surface area contributed by atoms with Gasteiger partial charge in [0, 0.05) is 62.7 Å². The second-order valence-corrected chi connectivity index (χ2v) is 10.8. The van der Waals surface area contributed by atoms with Crippen molar-refractivity contribution < 1.29 is 4.79 Å². The summed E-state index contributed by atoms with van der Waals surface area (Å²) < 4.78 is 1.66. The van der Waals surface area contributed by atoms with Gasteiger partial charge in [0.2, 0.25) is 5.91 Å². The van der Waals surface area contributed by atoms with Gasteiger partial charge in [0.15, 0.2) is 5.65 Å². The number of aromatic amines is 1. The molecule has 0 bridgehead atoms. The molecular formula is C26H35N5O2. The topological polar surface area (TPSA) is 73.7 Å². The van der Waals surface area contributed by atoms with Gasteiger partial charge < -0.3 is 4.90 Å². The third-order valence-corrected chi connectivity index (χ3v) is 8.43. The smallest absolute Gasteiger partial charge is 0.277 e. The zero-order valence-electron chi connectivity index (χ0n) is 19.6. The van der Waals surface area contributed by atoms with Crippen molar-refractivity contribution in [1.29, 1.82) is 0 Å². The van der Waals surface area contributed by atoms with Crippen molar-refractivity contribution >= 4 is 11.6 Å². The van der Waals surface area contributed by atoms with Gasteiger partial charge >= 0.3 is 0 Å². The summed E-state index contributed by atoms with van der Waals surface area (Å²) in [6.07, 6.45) is 12.0. The van der Waals surface area contributed by atoms with E-state index in [0.29, 0.717) is 30.2 Å². The number of likely N-dealkylation sites (tertiary alicyclic amines) is 1. The molecule has 2 fully saturated rings. The highest BCUT2D eigenvalue weighted by molar-refractivity contribution is 5.81. The van der Waals surface area contributed by atoms with Crippen LogP contribution in [0.2, 0.25) is 0 Å². The van der Waals surface area contributed by atoms with E-state index in [1.54, 1.807) is 4.52 Å². The van der Waals surface area contributed by atoms with E-state index in [0.717, 1.165) is 80.9 Å². The van der Waals surface area contributed by atoms with Crippen molar-refractivity contribution in [2.75, 3.05) is 26.2 Å². The predicted octanol–water partition coefficient (Wildman–Crippen LogP) is 3.10. The Morgan fingerprint density at radius 1 is 1.18 bits per heavy atom. The fourth-order valence-electron chi connectivity index (χ4n) is 6.12. The molecular weight excluding hydrogens is 414 g/mol. The van der Waals surface area contributed by atoms with Crippen LogP contribution in [0.3, 0.4) is 0 Å². The van der Waals surface area contributed by atoms with Crippen LogP contribution in [0.25, 0.3) is 5.65 Å². The number of allylic oxidation sites excluding steroid dienone is 2. The molecule has 0 unspecified atom stereocenters. The summed E-state index contributed by atoms with van der Waals surface area (Å²) in [4.78, 5) is 35.3. The van der Waals surface area contributed by atoms with Crippen LogP contribution in [0.1, 0.15) is 68.3 Å². The van der Waals surface area contributed by atoms with Gasteiger partial charge in [-0.2, -0.15) is 0 Å². The third-order valence-electron chi connectivity index (χ3n) is 8.43. The molecule has 7 nitrogen and oxygen atoms in total. The summed E-state index contributed by atoms with van der Waals surface area (Å²) in [5, 5.41) is 3.38. The molecule has 0 aromatic carbocycles. The number of hydrogen-bond donors (Lipinski definition) is 1. The first-order valence-electron chi connectivity index (χ1n) is 12.9. The normalized spacial score (nSPS) is 28.3. The molecule has 2 aromatic rings. The maximum atomic E-state index is 13.4. The van der Waals surface area contributed by atoms with Crippen molar-refractivity contribution in [3.05, 3.63) is 45.5 Å². The average Bonchev–Trinajstić information content (AvgIpc) is 3.42. The lowest BCUT2D eigenvalue weighted by Gasteiger charge is -2.31. The molecule has 3 atom stereocenters. The number of hydrogen-bond acceptors (Lipinski definition) is 4. The van der Waals surface area contributed by atoms with Gasteiger partial charge in [-0.05, 0) is 50.4 Å². The van der Waals surface area contributed by atoms with Gasteiger partial charge in [-0.3, -0.25) is 19.6 Å². The first-order chi connectivity index (χ1) is 16.1. The molecule has 2 aliphatic carbocycles. The summed E-state index contributed by atoms with van der Waals surface area (Å²) in [6, 6.07) is 2.06. The van der Waals surface area contributed by atoms with Gasteiger partial charge in [-0.25, -0.2) is 9.50 Å². The van der Waals surface area contributed by atoms with E-state index in [-0.39, 0.29) is 11.5 Å². The van der Waals surface area contributed by atoms with Gasteiger partial charge in [0.1, 0.15) is 0 Å². The molecule has 2 aliphatic heterocycles. The van der Waals surface area contributed by atoms with Crippen molar-refractivity contribution in [3.63, 3.8) is 0 Å². The highest BCUT2D eigenvalue weighted by Gasteiger charge is 2.42. The van der Waals surface area contributed by atoms with E-state index in [1.807, 2.05) is 4.90 Å². The molecule has 7 heteroatoms. The highest BCUT2D eigenvalue weighted by Crippen LogP contribution is 2.40. The summed E-state index contributed by atoms with van der Waals surface area (Å²) >= 11 is 0. The number of aromatic nitrogens is 3. The lowest BCUT2D eigenvalue weighted by molar-refractivity contribution is -0.133. The van der Waals surface area contributed by atoms with Gasteiger partial charge in [-0.1, -0.05) is 19.1 Å². The SMILES string of the molecule is C[C@H]1C[C@@H]1C(=O)N1CCC(c2cc3nc4c(c(=O)n3[nH]2)CN(C[C@H]2CC=CCC2)CC4)CC1. The van der Waals surface area contributed by atoms with E-state index in [1.165, 1.54) is 12.8 Å². The molecule has 4 aliphatic rings. The van der Waals surface area contributed by atoms with Crippen LogP contribution in [-0.4, -0.2) is 56.5 Å². The van der Waals surface area contributed by atoms with Crippen molar-refractivity contribution in [2.45, 2.75) is 64.3 Å². The summed E-state index contributed by atoms with van der Waals surface area (Å²) in [7, 11) is 0. The number of carbonyl (C=O) groups is 1. The largest absolute Gasteiger partial charge is 0.342 e. The van der Waals surface area contributed by atoms with Crippen LogP contribution in [-0.2, 0) is 17.8 Å². The number of nitrogens with one attached hydrogen (secondary N) is 1. The van der Waals surface area contributed by atoms with E-state index in [2.05, 4.69) is 35.1 Å². The molecule has 33 heavy (non-hydrogen) atoms. The van der Waals surface area contributed by atoms with Gasteiger partial charge in [0.05, 0.1) is 11.3 Å². The zero-order valence-corrected chi connectivity index (χ0v) is 19.6. The molecule has 4 heterocycles. The third kappa shape index (κ3) is 4.05. The molecule has 1 saturated carbocycles. The number of amides is 1. The molecule has 0 radical (unpaired) electrons. The lowest BCUT2D eigenvalue weighted by atomic mass is 9.93. The van der Waals surface area contributed by atoms with Gasteiger partial charge in [0.25, 0.3) is 5.56 Å². The van der Waals surface area contributed by atoms with Crippen LogP contribution in [0.5, 0.6) is 0 Å². The second-order valence-electron chi connectivity index (χ2n) is 10.8. The number of carbonyl (C=O) groups excluding carboxylic acids is 1. The maximum Gasteiger partial charge on any atom is 0.277 e. The van der Waals surface area contributed by atoms with Crippen molar-refractivity contribution in [2.24, 2.45) is 17.8 Å². The van der Waals surface area contributed by atoms with Crippen molar-refractivity contribution in [3.8, 4) is 0 Å². The summed E-state index contributed by atoms with van der Waals surface area (Å²) in [5.41, 5.74) is 3.72. The predicted molar refractivity (Wildman–Crippen MR) is 127 cm³/mol. The number of H-pyrrole nitrogens is 1. The fraction of sp³-hybridized carbons (Fsp3) is 0.654. The van der Waals surface area contributed by atoms with Crippen molar-refractivity contribution in [1.82, 2.24) is 24.4 Å². The number of nitrogens with zero attached hydrogens (tertiary/aromatic N) is 4. The minimum atomic E-state index is 0.0600. The molecule has 176 valence electrons. The monoisotopic (exact) mass is 449 g/mol. The highest BCUT2D eigenvalue weighted by atomic mass is 16.2. The molecule has 1 N–H and O–H groups in total. The summed E-state index contributed by atoms with van der Waals surface area (Å²) in [6.45, 7) is 6.55. The zero-order chi connectivity index (χ0) is 22.5. The van der Waals surface area contributed by atoms with E-state index in [9.17, 15) is 9.59 Å². The Bertz CT molecular complexity index is 1140. The Kier molecular flexibility index (Phi) is 5.40. The second kappa shape index (κ2) is 8.42. The van der Waals surface area contributed by atoms with Gasteiger partial charge in [-0.15, -0.1) is 0 Å². The first kappa shape index (κ1) is 21.1. The first-order valence-corrected chi connectivity index (χ1v) is 12.9. The maximum absolute atomic E-state index is 13.4. The fourth-order valence-corrected chi connectivity index (χ4v) is 6.12. The number of rotatable bonds is 4. The molecule has 1 amide bonds. The van der Waals surface area contributed by atoms with E-state index >= 15 is 0 Å². The molecule has 0 spiro atoms. The summed E-state index contributed by atoms with van der Waals surface area (Å²) in [5.74, 6) is 2.21. The Hall–Kier alpha value is -2.41. The quantitative estimate of drug-likeness (QED) is 0.728. The molecule has 2 aromatic heterocycles. The average molecular weight is 450 g/mol. The Morgan fingerprint density at radius 3 is 2.73 bits per heavy atom. The minimum absolute atomic E-state index is 0.0600. The Morgan fingerprint density at radius 2 is 2.00 bits per heavy atom. The standard InChI is InChI=1S/C26H35N5O2/c1-17-13-20(17)25(32)30-11-7-19(8-12-30)23-14-24-27-22-9-10-29(15-18-5-3-2-4-6-18)16-21(22)26(33)31(24)28-23/h2-3,14,17-20,28H,4-13,15-16H2,1H3/t17-,18-,20-/m0/s1. The number of fused-ring (bicyclic) bond motifs is 2. The van der Waals surface area contributed by atoms with Crippen LogP contribution in [0.4, 0.5) is 0 Å². The molecule has 1 saturated heterocycles. The van der Waals surface area contributed by atoms with Crippen LogP contribution >= 0.6 is 0 Å². The van der Waals surface area contributed by atoms with E-state index < -0.39 is 0 Å². The molecule has 6 rings (SSSR count). The lowest BCUT2D eigenvalue weighted by Crippen LogP contribution is -2.39.